The number of likely N-dealkylation sites (tertiary alicyclic amines) is 1. The van der Waals surface area contributed by atoms with E-state index in [0.717, 1.165) is 24.1 Å². The molecule has 2 fully saturated rings. The first-order valence-electron chi connectivity index (χ1n) is 9.62. The Morgan fingerprint density at radius 2 is 2.00 bits per heavy atom. The van der Waals surface area contributed by atoms with Crippen LogP contribution in [0.5, 0.6) is 0 Å². The molecule has 2 amide bonds. The summed E-state index contributed by atoms with van der Waals surface area (Å²) < 4.78 is 0. The molecule has 1 aliphatic heterocycles. The Balaban J connectivity index is 1.56. The number of carbonyl (C=O) groups excluding carboxylic acids is 2. The molecule has 136 valence electrons. The topological polar surface area (TPSA) is 62.3 Å². The molecular weight excluding hydrogens is 314 g/mol. The number of aromatic nitrogens is 1. The first-order chi connectivity index (χ1) is 12.1. The van der Waals surface area contributed by atoms with Crippen molar-refractivity contribution in [3.8, 4) is 0 Å². The Morgan fingerprint density at radius 1 is 1.24 bits per heavy atom. The van der Waals surface area contributed by atoms with Gasteiger partial charge in [0, 0.05) is 37.4 Å². The van der Waals surface area contributed by atoms with Gasteiger partial charge in [-0.1, -0.05) is 25.7 Å². The number of rotatable bonds is 4. The van der Waals surface area contributed by atoms with E-state index in [-0.39, 0.29) is 17.7 Å². The van der Waals surface area contributed by atoms with Crippen LogP contribution in [0.25, 0.3) is 0 Å². The Morgan fingerprint density at radius 3 is 2.72 bits per heavy atom. The molecule has 3 rings (SSSR count). The Labute approximate surface area is 150 Å². The van der Waals surface area contributed by atoms with Crippen molar-refractivity contribution in [2.24, 2.45) is 5.92 Å². The third-order valence-corrected chi connectivity index (χ3v) is 5.51. The molecule has 1 aromatic heterocycles. The summed E-state index contributed by atoms with van der Waals surface area (Å²) in [6.07, 6.45) is 10.1. The molecule has 0 aromatic carbocycles. The van der Waals surface area contributed by atoms with Crippen molar-refractivity contribution in [2.75, 3.05) is 6.54 Å². The lowest BCUT2D eigenvalue weighted by atomic mass is 9.93. The van der Waals surface area contributed by atoms with Gasteiger partial charge in [-0.05, 0) is 43.9 Å². The molecule has 1 N–H and O–H groups in total. The van der Waals surface area contributed by atoms with Crippen molar-refractivity contribution in [1.82, 2.24) is 15.2 Å². The third-order valence-electron chi connectivity index (χ3n) is 5.51. The summed E-state index contributed by atoms with van der Waals surface area (Å²) in [6, 6.07) is 4.26. The molecule has 0 unspecified atom stereocenters. The van der Waals surface area contributed by atoms with Gasteiger partial charge in [-0.15, -0.1) is 0 Å². The smallest absolute Gasteiger partial charge is 0.225 e. The SMILES string of the molecule is Cc1cc(CNC(=O)[C@H]2CCC(=O)N(C3CCCCCC3)C2)ccn1. The first-order valence-corrected chi connectivity index (χ1v) is 9.62. The molecule has 2 aliphatic rings. The molecule has 1 atom stereocenters. The quantitative estimate of drug-likeness (QED) is 0.855. The number of nitrogens with zero attached hydrogens (tertiary/aromatic N) is 2. The summed E-state index contributed by atoms with van der Waals surface area (Å²) in [5.41, 5.74) is 2.02. The van der Waals surface area contributed by atoms with Crippen LogP contribution in [-0.2, 0) is 16.1 Å². The van der Waals surface area contributed by atoms with Crippen molar-refractivity contribution in [3.05, 3.63) is 29.6 Å². The van der Waals surface area contributed by atoms with E-state index in [1.54, 1.807) is 6.20 Å². The summed E-state index contributed by atoms with van der Waals surface area (Å²) in [6.45, 7) is 3.06. The maximum atomic E-state index is 12.6. The summed E-state index contributed by atoms with van der Waals surface area (Å²) in [4.78, 5) is 31.2. The van der Waals surface area contributed by atoms with E-state index in [2.05, 4.69) is 10.3 Å². The molecule has 1 saturated heterocycles. The first kappa shape index (κ1) is 17.9. The van der Waals surface area contributed by atoms with Crippen LogP contribution in [0.2, 0.25) is 0 Å². The molecule has 2 heterocycles. The molecule has 1 aromatic rings. The van der Waals surface area contributed by atoms with Crippen molar-refractivity contribution < 1.29 is 9.59 Å². The van der Waals surface area contributed by atoms with Crippen LogP contribution in [0.4, 0.5) is 0 Å². The van der Waals surface area contributed by atoms with Crippen LogP contribution in [0.1, 0.15) is 62.6 Å². The average Bonchev–Trinajstić information content (AvgIpc) is 2.89. The largest absolute Gasteiger partial charge is 0.352 e. The van der Waals surface area contributed by atoms with Gasteiger partial charge in [0.1, 0.15) is 0 Å². The van der Waals surface area contributed by atoms with Crippen LogP contribution in [-0.4, -0.2) is 34.3 Å². The van der Waals surface area contributed by atoms with E-state index < -0.39 is 0 Å². The summed E-state index contributed by atoms with van der Waals surface area (Å²) in [5, 5.41) is 3.04. The maximum Gasteiger partial charge on any atom is 0.225 e. The monoisotopic (exact) mass is 343 g/mol. The highest BCUT2D eigenvalue weighted by Crippen LogP contribution is 2.27. The van der Waals surface area contributed by atoms with Crippen molar-refractivity contribution in [1.29, 1.82) is 0 Å². The minimum atomic E-state index is -0.0797. The highest BCUT2D eigenvalue weighted by molar-refractivity contribution is 5.84. The Hall–Kier alpha value is -1.91. The summed E-state index contributed by atoms with van der Waals surface area (Å²) in [5.74, 6) is 0.227. The zero-order chi connectivity index (χ0) is 17.6. The zero-order valence-electron chi connectivity index (χ0n) is 15.2. The van der Waals surface area contributed by atoms with Gasteiger partial charge in [0.05, 0.1) is 5.92 Å². The predicted octanol–water partition coefficient (Wildman–Crippen LogP) is 2.97. The lowest BCUT2D eigenvalue weighted by Crippen LogP contribution is -2.49. The minimum absolute atomic E-state index is 0.0700. The second-order valence-corrected chi connectivity index (χ2v) is 7.45. The Bertz CT molecular complexity index is 609. The molecule has 25 heavy (non-hydrogen) atoms. The van der Waals surface area contributed by atoms with Crippen molar-refractivity contribution >= 4 is 11.8 Å². The van der Waals surface area contributed by atoms with Gasteiger partial charge in [-0.2, -0.15) is 0 Å². The van der Waals surface area contributed by atoms with Crippen LogP contribution in [0.3, 0.4) is 0 Å². The van der Waals surface area contributed by atoms with Gasteiger partial charge in [-0.25, -0.2) is 0 Å². The second kappa shape index (κ2) is 8.45. The number of piperidine rings is 1. The lowest BCUT2D eigenvalue weighted by Gasteiger charge is -2.37. The highest BCUT2D eigenvalue weighted by Gasteiger charge is 2.34. The normalized spacial score (nSPS) is 22.5. The van der Waals surface area contributed by atoms with Crippen LogP contribution in [0.15, 0.2) is 18.3 Å². The number of nitrogens with one attached hydrogen (secondary N) is 1. The lowest BCUT2D eigenvalue weighted by molar-refractivity contribution is -0.141. The fourth-order valence-corrected chi connectivity index (χ4v) is 4.06. The molecule has 5 heteroatoms. The number of amides is 2. The fraction of sp³-hybridized carbons (Fsp3) is 0.650. The van der Waals surface area contributed by atoms with Crippen molar-refractivity contribution in [3.63, 3.8) is 0 Å². The van der Waals surface area contributed by atoms with Crippen LogP contribution < -0.4 is 5.32 Å². The van der Waals surface area contributed by atoms with Gasteiger partial charge in [0.15, 0.2) is 0 Å². The number of hydrogen-bond acceptors (Lipinski definition) is 3. The standard InChI is InChI=1S/C20H29N3O2/c1-15-12-16(10-11-21-15)13-22-20(25)17-8-9-19(24)23(14-17)18-6-4-2-3-5-7-18/h10-12,17-18H,2-9,13-14H2,1H3,(H,22,25)/t17-/m0/s1. The zero-order valence-corrected chi connectivity index (χ0v) is 15.2. The minimum Gasteiger partial charge on any atom is -0.352 e. The van der Waals surface area contributed by atoms with E-state index >= 15 is 0 Å². The molecule has 0 bridgehead atoms. The molecule has 0 spiro atoms. The average molecular weight is 343 g/mol. The van der Waals surface area contributed by atoms with Gasteiger partial charge >= 0.3 is 0 Å². The summed E-state index contributed by atoms with van der Waals surface area (Å²) >= 11 is 0. The van der Waals surface area contributed by atoms with E-state index in [9.17, 15) is 9.59 Å². The van der Waals surface area contributed by atoms with E-state index in [4.69, 9.17) is 0 Å². The molecule has 1 aliphatic carbocycles. The summed E-state index contributed by atoms with van der Waals surface area (Å²) in [7, 11) is 0. The molecular formula is C20H29N3O2. The molecule has 5 nitrogen and oxygen atoms in total. The number of aryl methyl sites for hydroxylation is 1. The van der Waals surface area contributed by atoms with E-state index in [1.165, 1.54) is 25.7 Å². The molecule has 0 radical (unpaired) electrons. The third kappa shape index (κ3) is 4.80. The molecule has 1 saturated carbocycles. The van der Waals surface area contributed by atoms with E-state index in [1.807, 2.05) is 24.0 Å². The number of hydrogen-bond donors (Lipinski definition) is 1. The van der Waals surface area contributed by atoms with Crippen LogP contribution >= 0.6 is 0 Å². The van der Waals surface area contributed by atoms with Crippen molar-refractivity contribution in [2.45, 2.75) is 70.9 Å². The van der Waals surface area contributed by atoms with Gasteiger partial charge in [0.25, 0.3) is 0 Å². The van der Waals surface area contributed by atoms with E-state index in [0.29, 0.717) is 32.0 Å². The Kier molecular flexibility index (Phi) is 6.05. The van der Waals surface area contributed by atoms with Gasteiger partial charge in [-0.3, -0.25) is 14.6 Å². The van der Waals surface area contributed by atoms with Gasteiger partial charge in [0.2, 0.25) is 11.8 Å². The van der Waals surface area contributed by atoms with Gasteiger partial charge < -0.3 is 10.2 Å². The predicted molar refractivity (Wildman–Crippen MR) is 96.7 cm³/mol. The fourth-order valence-electron chi connectivity index (χ4n) is 4.06. The number of carbonyl (C=O) groups is 2. The highest BCUT2D eigenvalue weighted by atomic mass is 16.2. The second-order valence-electron chi connectivity index (χ2n) is 7.45. The van der Waals surface area contributed by atoms with Crippen LogP contribution in [0, 0.1) is 12.8 Å². The number of pyridine rings is 1. The maximum absolute atomic E-state index is 12.6.